The van der Waals surface area contributed by atoms with Crippen LogP contribution in [0.5, 0.6) is 5.75 Å². The predicted octanol–water partition coefficient (Wildman–Crippen LogP) is 4.07. The topological polar surface area (TPSA) is 61.8 Å². The highest BCUT2D eigenvalue weighted by molar-refractivity contribution is 14.0. The van der Waals surface area contributed by atoms with Gasteiger partial charge in [0.2, 0.25) is 0 Å². The number of hydrogen-bond acceptors (Lipinski definition) is 4. The van der Waals surface area contributed by atoms with Crippen LogP contribution in [0.4, 0.5) is 23.4 Å². The van der Waals surface area contributed by atoms with Gasteiger partial charge in [0.05, 0.1) is 6.54 Å². The first-order valence-corrected chi connectivity index (χ1v) is 9.59. The van der Waals surface area contributed by atoms with Crippen molar-refractivity contribution in [2.45, 2.75) is 32.3 Å². The molecule has 31 heavy (non-hydrogen) atoms. The van der Waals surface area contributed by atoms with E-state index in [1.54, 1.807) is 18.3 Å². The Morgan fingerprint density at radius 2 is 2.03 bits per heavy atom. The highest BCUT2D eigenvalue weighted by Gasteiger charge is 2.32. The number of hydrogen-bond donors (Lipinski definition) is 2. The average molecular weight is 553 g/mol. The maximum absolute atomic E-state index is 14.0. The molecule has 1 saturated heterocycles. The molecule has 1 unspecified atom stereocenters. The summed E-state index contributed by atoms with van der Waals surface area (Å²) >= 11 is 0. The minimum Gasteiger partial charge on any atom is -0.405 e. The van der Waals surface area contributed by atoms with Gasteiger partial charge in [0, 0.05) is 37.4 Å². The molecule has 1 aromatic heterocycles. The molecule has 1 atom stereocenters. The Kier molecular flexibility index (Phi) is 9.14. The molecule has 2 N–H and O–H groups in total. The summed E-state index contributed by atoms with van der Waals surface area (Å²) in [6.45, 7) is 3.65. The standard InChI is InChI=1S/C20H23F4N5O.HI/c1-2-25-19(27-12-14-6-3-4-8-17(14)30-20(22,23)24)28-15-9-11-29(13-15)18-16(21)7-5-10-26-18;/h3-8,10,15H,2,9,11-13H2,1H3,(H2,25,27,28);1H. The Balaban J connectivity index is 0.00000341. The zero-order valence-electron chi connectivity index (χ0n) is 16.8. The second kappa shape index (κ2) is 11.3. The van der Waals surface area contributed by atoms with Gasteiger partial charge in [0.15, 0.2) is 17.6 Å². The molecule has 0 amide bonds. The number of alkyl halides is 3. The molecule has 1 fully saturated rings. The van der Waals surface area contributed by atoms with E-state index in [1.165, 1.54) is 24.3 Å². The van der Waals surface area contributed by atoms with Gasteiger partial charge in [-0.05, 0) is 31.5 Å². The fourth-order valence-corrected chi connectivity index (χ4v) is 3.22. The van der Waals surface area contributed by atoms with Crippen LogP contribution in [0.25, 0.3) is 0 Å². The number of pyridine rings is 1. The number of aliphatic imine (C=N–C) groups is 1. The number of benzene rings is 1. The van der Waals surface area contributed by atoms with Gasteiger partial charge in [0.25, 0.3) is 0 Å². The number of rotatable bonds is 6. The fourth-order valence-electron chi connectivity index (χ4n) is 3.22. The second-order valence-electron chi connectivity index (χ2n) is 6.74. The Bertz CT molecular complexity index is 881. The first-order valence-electron chi connectivity index (χ1n) is 9.59. The van der Waals surface area contributed by atoms with E-state index in [4.69, 9.17) is 0 Å². The number of anilines is 1. The Hall–Kier alpha value is -2.31. The van der Waals surface area contributed by atoms with Crippen molar-refractivity contribution in [1.82, 2.24) is 15.6 Å². The molecular weight excluding hydrogens is 529 g/mol. The smallest absolute Gasteiger partial charge is 0.405 e. The van der Waals surface area contributed by atoms with Crippen LogP contribution in [0, 0.1) is 5.82 Å². The summed E-state index contributed by atoms with van der Waals surface area (Å²) in [6.07, 6.45) is -2.48. The van der Waals surface area contributed by atoms with Gasteiger partial charge in [-0.1, -0.05) is 18.2 Å². The molecule has 1 aliphatic heterocycles. The van der Waals surface area contributed by atoms with E-state index in [-0.39, 0.29) is 48.1 Å². The molecule has 2 aromatic rings. The maximum Gasteiger partial charge on any atom is 0.573 e. The van der Waals surface area contributed by atoms with Crippen LogP contribution < -0.4 is 20.3 Å². The normalized spacial score (nSPS) is 16.6. The molecule has 3 rings (SSSR count). The molecule has 1 aromatic carbocycles. The maximum atomic E-state index is 14.0. The van der Waals surface area contributed by atoms with E-state index in [0.717, 1.165) is 6.42 Å². The lowest BCUT2D eigenvalue weighted by Gasteiger charge is -2.20. The van der Waals surface area contributed by atoms with E-state index in [2.05, 4.69) is 25.3 Å². The summed E-state index contributed by atoms with van der Waals surface area (Å²) in [6, 6.07) is 8.80. The lowest BCUT2D eigenvalue weighted by molar-refractivity contribution is -0.274. The van der Waals surface area contributed by atoms with Crippen LogP contribution in [0.1, 0.15) is 18.9 Å². The van der Waals surface area contributed by atoms with Crippen LogP contribution in [0.15, 0.2) is 47.6 Å². The summed E-state index contributed by atoms with van der Waals surface area (Å²) in [5.74, 6) is 0.122. The van der Waals surface area contributed by atoms with Gasteiger partial charge in [-0.15, -0.1) is 37.1 Å². The highest BCUT2D eigenvalue weighted by Crippen LogP contribution is 2.26. The molecule has 6 nitrogen and oxygen atoms in total. The molecule has 11 heteroatoms. The van der Waals surface area contributed by atoms with Crippen molar-refractivity contribution in [2.75, 3.05) is 24.5 Å². The number of para-hydroxylation sites is 1. The summed E-state index contributed by atoms with van der Waals surface area (Å²) in [4.78, 5) is 10.3. The van der Waals surface area contributed by atoms with Crippen molar-refractivity contribution in [2.24, 2.45) is 4.99 Å². The minimum atomic E-state index is -4.77. The Morgan fingerprint density at radius 1 is 1.26 bits per heavy atom. The molecule has 2 heterocycles. The molecule has 0 radical (unpaired) electrons. The molecule has 0 bridgehead atoms. The van der Waals surface area contributed by atoms with Gasteiger partial charge in [-0.25, -0.2) is 14.4 Å². The van der Waals surface area contributed by atoms with Crippen molar-refractivity contribution < 1.29 is 22.3 Å². The van der Waals surface area contributed by atoms with Crippen LogP contribution >= 0.6 is 24.0 Å². The van der Waals surface area contributed by atoms with Crippen molar-refractivity contribution in [3.63, 3.8) is 0 Å². The third kappa shape index (κ3) is 7.40. The van der Waals surface area contributed by atoms with E-state index in [0.29, 0.717) is 37.0 Å². The van der Waals surface area contributed by atoms with Crippen LogP contribution in [0.3, 0.4) is 0 Å². The highest BCUT2D eigenvalue weighted by atomic mass is 127. The number of guanidine groups is 1. The van der Waals surface area contributed by atoms with Gasteiger partial charge in [0.1, 0.15) is 5.75 Å². The van der Waals surface area contributed by atoms with Gasteiger partial charge >= 0.3 is 6.36 Å². The van der Waals surface area contributed by atoms with E-state index in [1.807, 2.05) is 11.8 Å². The molecule has 1 aliphatic rings. The van der Waals surface area contributed by atoms with Gasteiger partial charge < -0.3 is 20.3 Å². The van der Waals surface area contributed by atoms with Crippen LogP contribution in [0.2, 0.25) is 0 Å². The predicted molar refractivity (Wildman–Crippen MR) is 121 cm³/mol. The monoisotopic (exact) mass is 553 g/mol. The summed E-state index contributed by atoms with van der Waals surface area (Å²) in [5, 5.41) is 6.34. The first-order chi connectivity index (χ1) is 14.4. The number of aromatic nitrogens is 1. The van der Waals surface area contributed by atoms with Crippen molar-refractivity contribution >= 4 is 35.8 Å². The van der Waals surface area contributed by atoms with Crippen molar-refractivity contribution in [3.8, 4) is 5.75 Å². The molecule has 0 saturated carbocycles. The molecule has 0 spiro atoms. The van der Waals surface area contributed by atoms with E-state index in [9.17, 15) is 17.6 Å². The lowest BCUT2D eigenvalue weighted by Crippen LogP contribution is -2.44. The van der Waals surface area contributed by atoms with Crippen molar-refractivity contribution in [3.05, 3.63) is 54.0 Å². The lowest BCUT2D eigenvalue weighted by atomic mass is 10.2. The number of halogens is 5. The summed E-state index contributed by atoms with van der Waals surface area (Å²) in [5.41, 5.74) is 0.315. The van der Waals surface area contributed by atoms with E-state index < -0.39 is 6.36 Å². The Morgan fingerprint density at radius 3 is 2.74 bits per heavy atom. The second-order valence-corrected chi connectivity index (χ2v) is 6.74. The third-order valence-corrected chi connectivity index (χ3v) is 4.52. The third-order valence-electron chi connectivity index (χ3n) is 4.52. The summed E-state index contributed by atoms with van der Waals surface area (Å²) in [7, 11) is 0. The minimum absolute atomic E-state index is 0. The SMILES string of the molecule is CCNC(=NCc1ccccc1OC(F)(F)F)NC1CCN(c2ncccc2F)C1.I. The molecule has 170 valence electrons. The number of nitrogens with zero attached hydrogens (tertiary/aromatic N) is 3. The largest absolute Gasteiger partial charge is 0.573 e. The molecular formula is C20H24F4IN5O. The number of ether oxygens (including phenoxy) is 1. The molecule has 0 aliphatic carbocycles. The van der Waals surface area contributed by atoms with Gasteiger partial charge in [-0.2, -0.15) is 0 Å². The summed E-state index contributed by atoms with van der Waals surface area (Å²) < 4.78 is 55.8. The van der Waals surface area contributed by atoms with Crippen LogP contribution in [-0.4, -0.2) is 43.0 Å². The van der Waals surface area contributed by atoms with E-state index >= 15 is 0 Å². The van der Waals surface area contributed by atoms with Crippen molar-refractivity contribution in [1.29, 1.82) is 0 Å². The fraction of sp³-hybridized carbons (Fsp3) is 0.400. The average Bonchev–Trinajstić information content (AvgIpc) is 3.15. The number of nitrogens with one attached hydrogen (secondary N) is 2. The Labute approximate surface area is 195 Å². The van der Waals surface area contributed by atoms with Crippen LogP contribution in [-0.2, 0) is 6.54 Å². The first kappa shape index (κ1) is 25.0. The van der Waals surface area contributed by atoms with Gasteiger partial charge in [-0.3, -0.25) is 0 Å². The zero-order valence-corrected chi connectivity index (χ0v) is 19.2. The quantitative estimate of drug-likeness (QED) is 0.245. The zero-order chi connectivity index (χ0) is 21.6.